The Balaban J connectivity index is 0.985. The summed E-state index contributed by atoms with van der Waals surface area (Å²) in [5.74, 6) is 1.19. The molecule has 0 saturated heterocycles. The molecule has 0 bridgehead atoms. The van der Waals surface area contributed by atoms with Gasteiger partial charge in [-0.05, 0) is 159 Å². The number of aliphatic hydroxyl groups is 1. The molecule has 1 saturated carbocycles. The van der Waals surface area contributed by atoms with Gasteiger partial charge in [-0.25, -0.2) is 17.6 Å². The van der Waals surface area contributed by atoms with Crippen LogP contribution in [-0.4, -0.2) is 75.2 Å². The van der Waals surface area contributed by atoms with Crippen LogP contribution in [0.3, 0.4) is 0 Å². The van der Waals surface area contributed by atoms with E-state index in [-0.39, 0.29) is 53.4 Å². The quantitative estimate of drug-likeness (QED) is 0.0920. The van der Waals surface area contributed by atoms with E-state index in [1.54, 1.807) is 30.7 Å². The lowest BCUT2D eigenvalue weighted by Gasteiger charge is -2.47. The van der Waals surface area contributed by atoms with Crippen molar-refractivity contribution in [1.82, 2.24) is 4.31 Å². The third kappa shape index (κ3) is 10.2. The highest BCUT2D eigenvalue weighted by atomic mass is 35.5. The van der Waals surface area contributed by atoms with Crippen LogP contribution in [0.2, 0.25) is 5.02 Å². The van der Waals surface area contributed by atoms with Crippen LogP contribution in [0, 0.1) is 29.5 Å². The number of hydrogen-bond acceptors (Lipinski definition) is 9. The van der Waals surface area contributed by atoms with Crippen molar-refractivity contribution in [3.63, 3.8) is 0 Å². The summed E-state index contributed by atoms with van der Waals surface area (Å²) in [6.07, 6.45) is 6.01. The highest BCUT2D eigenvalue weighted by Gasteiger charge is 2.46. The van der Waals surface area contributed by atoms with Crippen molar-refractivity contribution in [3.8, 4) is 17.2 Å². The molecular formula is C52H62ClFN2O8S. The van der Waals surface area contributed by atoms with Gasteiger partial charge in [0.25, 0.3) is 0 Å². The van der Waals surface area contributed by atoms with E-state index in [1.165, 1.54) is 0 Å². The zero-order valence-electron chi connectivity index (χ0n) is 38.3. The van der Waals surface area contributed by atoms with Crippen molar-refractivity contribution in [2.24, 2.45) is 23.7 Å². The van der Waals surface area contributed by atoms with Crippen LogP contribution >= 0.6 is 11.6 Å². The number of sulfonamides is 1. The Morgan fingerprint density at radius 1 is 0.985 bits per heavy atom. The molecule has 6 atom stereocenters. The van der Waals surface area contributed by atoms with Crippen molar-refractivity contribution in [3.05, 3.63) is 129 Å². The molecule has 4 aliphatic rings. The topological polar surface area (TPSA) is 115 Å². The van der Waals surface area contributed by atoms with E-state index < -0.39 is 33.1 Å². The van der Waals surface area contributed by atoms with Gasteiger partial charge in [-0.3, -0.25) is 0 Å². The van der Waals surface area contributed by atoms with Gasteiger partial charge >= 0.3 is 5.97 Å². The average molecular weight is 930 g/mol. The van der Waals surface area contributed by atoms with Crippen LogP contribution in [-0.2, 0) is 39.7 Å². The number of benzene rings is 4. The van der Waals surface area contributed by atoms with Gasteiger partial charge < -0.3 is 29.0 Å². The van der Waals surface area contributed by atoms with Crippen molar-refractivity contribution in [2.45, 2.75) is 96.4 Å². The van der Waals surface area contributed by atoms with Gasteiger partial charge in [0.2, 0.25) is 10.0 Å². The molecule has 10 nitrogen and oxygen atoms in total. The first kappa shape index (κ1) is 46.9. The molecule has 0 aromatic heterocycles. The number of carbonyl (C=O) groups excluding carboxylic acids is 1. The summed E-state index contributed by atoms with van der Waals surface area (Å²) >= 11 is 6.30. The van der Waals surface area contributed by atoms with Gasteiger partial charge in [0.15, 0.2) is 0 Å². The maximum Gasteiger partial charge on any atom is 0.338 e. The molecule has 1 aliphatic heterocycles. The number of halogens is 2. The molecule has 2 unspecified atom stereocenters. The molecule has 4 aromatic carbocycles. The molecule has 1 spiro atoms. The lowest BCUT2D eigenvalue weighted by atomic mass is 9.65. The fourth-order valence-corrected chi connectivity index (χ4v) is 12.2. The number of aliphatic hydroxyl groups excluding tert-OH is 1. The first-order valence-corrected chi connectivity index (χ1v) is 24.8. The Kier molecular flexibility index (Phi) is 13.7. The summed E-state index contributed by atoms with van der Waals surface area (Å²) in [6, 6.07) is 23.9. The minimum atomic E-state index is -3.72. The molecule has 65 heavy (non-hydrogen) atoms. The summed E-state index contributed by atoms with van der Waals surface area (Å²) in [4.78, 5) is 15.7. The second-order valence-electron chi connectivity index (χ2n) is 19.7. The average Bonchev–Trinajstić information content (AvgIpc) is 3.39. The van der Waals surface area contributed by atoms with Crippen molar-refractivity contribution in [1.29, 1.82) is 0 Å². The van der Waals surface area contributed by atoms with E-state index in [0.29, 0.717) is 60.9 Å². The Bertz CT molecular complexity index is 2460. The summed E-state index contributed by atoms with van der Waals surface area (Å²) in [5, 5.41) is 12.1. The number of allylic oxidation sites excluding steroid dienone is 1. The monoisotopic (exact) mass is 928 g/mol. The highest BCUT2D eigenvalue weighted by Crippen LogP contribution is 2.49. The third-order valence-corrected chi connectivity index (χ3v) is 16.3. The minimum Gasteiger partial charge on any atom is -0.497 e. The van der Waals surface area contributed by atoms with E-state index in [9.17, 15) is 18.3 Å². The van der Waals surface area contributed by atoms with E-state index in [1.807, 2.05) is 94.4 Å². The first-order chi connectivity index (χ1) is 31.0. The van der Waals surface area contributed by atoms with E-state index >= 15 is 4.39 Å². The van der Waals surface area contributed by atoms with Gasteiger partial charge in [0.1, 0.15) is 28.7 Å². The molecule has 1 heterocycles. The van der Waals surface area contributed by atoms with Gasteiger partial charge in [-0.15, -0.1) is 0 Å². The summed E-state index contributed by atoms with van der Waals surface area (Å²) in [7, 11) is -0.513. The highest BCUT2D eigenvalue weighted by molar-refractivity contribution is 7.89. The van der Waals surface area contributed by atoms with E-state index in [2.05, 4.69) is 11.0 Å². The number of anilines is 1. The van der Waals surface area contributed by atoms with Crippen molar-refractivity contribution < 1.29 is 41.7 Å². The summed E-state index contributed by atoms with van der Waals surface area (Å²) < 4.78 is 68.6. The van der Waals surface area contributed by atoms with Gasteiger partial charge in [0, 0.05) is 31.6 Å². The number of fused-ring (bicyclic) bond motifs is 3. The number of nitrogens with zero attached hydrogens (tertiary/aromatic N) is 2. The Labute approximate surface area is 388 Å². The van der Waals surface area contributed by atoms with E-state index in [4.69, 9.17) is 30.5 Å². The fourth-order valence-electron chi connectivity index (χ4n) is 10.2. The fraction of sp³-hybridized carbons (Fsp3) is 0.481. The number of rotatable bonds is 15. The predicted molar refractivity (Wildman–Crippen MR) is 252 cm³/mol. The zero-order valence-corrected chi connectivity index (χ0v) is 39.9. The molecular weight excluding hydrogens is 867 g/mol. The maximum atomic E-state index is 15.6. The number of esters is 1. The molecule has 3 aliphatic carbocycles. The van der Waals surface area contributed by atoms with Gasteiger partial charge in [0.05, 0.1) is 49.0 Å². The van der Waals surface area contributed by atoms with Crippen molar-refractivity contribution >= 4 is 33.3 Å². The second kappa shape index (κ2) is 18.9. The SMILES string of the molecule is COc1ccc(CN(Cc2ccc(OC)cc2)S(=O)(=O)C[C@@H](C)C2C=C(C(O)[C@@H]3CC[C@H]3CN3C[C@@]4(CCCc5c4ccc(Cl)c5F)COc4ccc(C(=O)OC(C)(C)C)cc43)C2)cc1. The van der Waals surface area contributed by atoms with Crippen LogP contribution in [0.4, 0.5) is 10.1 Å². The minimum absolute atomic E-state index is 0.00164. The van der Waals surface area contributed by atoms with Crippen LogP contribution in [0.1, 0.15) is 92.4 Å². The lowest BCUT2D eigenvalue weighted by Crippen LogP contribution is -2.50. The molecule has 0 radical (unpaired) electrons. The number of methoxy groups -OCH3 is 2. The third-order valence-electron chi connectivity index (χ3n) is 14.0. The Hall–Kier alpha value is -4.62. The zero-order chi connectivity index (χ0) is 46.3. The predicted octanol–water partition coefficient (Wildman–Crippen LogP) is 9.93. The van der Waals surface area contributed by atoms with Crippen LogP contribution < -0.4 is 19.1 Å². The molecule has 1 N–H and O–H groups in total. The summed E-state index contributed by atoms with van der Waals surface area (Å²) in [6.45, 7) is 9.42. The second-order valence-corrected chi connectivity index (χ2v) is 22.1. The number of carbonyl (C=O) groups is 1. The molecule has 13 heteroatoms. The van der Waals surface area contributed by atoms with Gasteiger partial charge in [-0.1, -0.05) is 54.9 Å². The molecule has 0 amide bonds. The van der Waals surface area contributed by atoms with E-state index in [0.717, 1.165) is 53.6 Å². The normalized spacial score (nSPS) is 22.6. The molecule has 4 aromatic rings. The molecule has 1 fully saturated rings. The Morgan fingerprint density at radius 3 is 2.22 bits per heavy atom. The standard InChI is InChI=1S/C52H62ClFN2O8S/c1-33(30-65(59,60)56(27-34-9-15-40(61-5)16-10-34)28-35-11-17-41(62-6)18-12-35)38-24-39(25-38)49(57)42-19-13-37(42)29-55-31-52(23-7-8-43-44(52)20-21-45(53)48(43)54)32-63-47-22-14-36(26-46(47)55)50(58)64-51(2,3)4/h9-12,14-18,20-22,24,26,33,37-38,42,49,57H,7-8,13,19,23,25,27-32H2,1-6H3/t33-,37+,38?,42-,49?,52+/m1/s1. The van der Waals surface area contributed by atoms with Crippen LogP contribution in [0.5, 0.6) is 17.2 Å². The van der Waals surface area contributed by atoms with Gasteiger partial charge in [-0.2, -0.15) is 4.31 Å². The molecule has 348 valence electrons. The van der Waals surface area contributed by atoms with Crippen LogP contribution in [0.15, 0.2) is 90.5 Å². The number of hydrogen-bond donors (Lipinski definition) is 1. The largest absolute Gasteiger partial charge is 0.497 e. The molecule has 8 rings (SSSR count). The number of ether oxygens (including phenoxy) is 4. The lowest BCUT2D eigenvalue weighted by molar-refractivity contribution is 0.00694. The van der Waals surface area contributed by atoms with Crippen molar-refractivity contribution in [2.75, 3.05) is 44.6 Å². The van der Waals surface area contributed by atoms with Crippen LogP contribution in [0.25, 0.3) is 0 Å². The maximum absolute atomic E-state index is 15.6. The smallest absolute Gasteiger partial charge is 0.338 e. The Morgan fingerprint density at radius 2 is 1.63 bits per heavy atom. The first-order valence-electron chi connectivity index (χ1n) is 22.8. The summed E-state index contributed by atoms with van der Waals surface area (Å²) in [5.41, 5.74) is 4.22.